The van der Waals surface area contributed by atoms with Crippen molar-refractivity contribution in [2.24, 2.45) is 0 Å². The number of furan rings is 1. The summed E-state index contributed by atoms with van der Waals surface area (Å²) < 4.78 is 5.61. The van der Waals surface area contributed by atoms with Crippen LogP contribution in [0.25, 0.3) is 10.8 Å². The smallest absolute Gasteiger partial charge is 0.134 e. The molecule has 4 nitrogen and oxygen atoms in total. The molecule has 2 N–H and O–H groups in total. The zero-order valence-corrected chi connectivity index (χ0v) is 11.4. The lowest BCUT2D eigenvalue weighted by Gasteiger charge is -2.14. The zero-order valence-electron chi connectivity index (χ0n) is 11.4. The molecule has 1 unspecified atom stereocenters. The Balaban J connectivity index is 1.96. The number of aromatic hydroxyl groups is 1. The highest BCUT2D eigenvalue weighted by molar-refractivity contribution is 5.92. The topological polar surface area (TPSA) is 58.3 Å². The van der Waals surface area contributed by atoms with Crippen molar-refractivity contribution in [2.45, 2.75) is 19.9 Å². The van der Waals surface area contributed by atoms with Gasteiger partial charge in [0.25, 0.3) is 0 Å². The van der Waals surface area contributed by atoms with Gasteiger partial charge in [-0.15, -0.1) is 0 Å². The highest BCUT2D eigenvalue weighted by atomic mass is 16.3. The van der Waals surface area contributed by atoms with Crippen molar-refractivity contribution in [3.63, 3.8) is 0 Å². The second-order valence-corrected chi connectivity index (χ2v) is 4.88. The molecule has 2 aromatic heterocycles. The maximum Gasteiger partial charge on any atom is 0.134 e. The summed E-state index contributed by atoms with van der Waals surface area (Å²) in [5.41, 5.74) is 0. The third kappa shape index (κ3) is 2.32. The molecule has 0 bridgehead atoms. The van der Waals surface area contributed by atoms with Crippen LogP contribution in [-0.4, -0.2) is 10.1 Å². The third-order valence-corrected chi connectivity index (χ3v) is 3.29. The average Bonchev–Trinajstić information content (AvgIpc) is 2.86. The number of benzene rings is 1. The first-order valence-electron chi connectivity index (χ1n) is 6.54. The van der Waals surface area contributed by atoms with Gasteiger partial charge in [-0.25, -0.2) is 4.98 Å². The Morgan fingerprint density at radius 3 is 2.80 bits per heavy atom. The van der Waals surface area contributed by atoms with Crippen molar-refractivity contribution in [3.8, 4) is 5.75 Å². The van der Waals surface area contributed by atoms with E-state index in [1.165, 1.54) is 0 Å². The van der Waals surface area contributed by atoms with Crippen molar-refractivity contribution in [1.29, 1.82) is 0 Å². The van der Waals surface area contributed by atoms with E-state index in [-0.39, 0.29) is 11.8 Å². The summed E-state index contributed by atoms with van der Waals surface area (Å²) >= 11 is 0. The maximum atomic E-state index is 9.64. The van der Waals surface area contributed by atoms with Crippen molar-refractivity contribution in [2.75, 3.05) is 5.32 Å². The quantitative estimate of drug-likeness (QED) is 0.753. The number of anilines is 1. The minimum atomic E-state index is 0.00384. The lowest BCUT2D eigenvalue weighted by Crippen LogP contribution is -2.07. The molecule has 0 aliphatic heterocycles. The number of phenolic OH excluding ortho intramolecular Hbond substituents is 1. The van der Waals surface area contributed by atoms with Gasteiger partial charge in [0.05, 0.1) is 6.04 Å². The van der Waals surface area contributed by atoms with Crippen LogP contribution in [0.3, 0.4) is 0 Å². The SMILES string of the molecule is Cc1ccc(C(C)Nc2nccc3ccc(O)cc23)o1. The molecule has 4 heteroatoms. The van der Waals surface area contributed by atoms with Crippen LogP contribution in [0.2, 0.25) is 0 Å². The van der Waals surface area contributed by atoms with Crippen molar-refractivity contribution >= 4 is 16.6 Å². The molecule has 20 heavy (non-hydrogen) atoms. The molecule has 0 aliphatic carbocycles. The van der Waals surface area contributed by atoms with Gasteiger partial charge in [-0.2, -0.15) is 0 Å². The number of hydrogen-bond acceptors (Lipinski definition) is 4. The maximum absolute atomic E-state index is 9.64. The highest BCUT2D eigenvalue weighted by Gasteiger charge is 2.12. The fourth-order valence-corrected chi connectivity index (χ4v) is 2.23. The van der Waals surface area contributed by atoms with Crippen molar-refractivity contribution in [3.05, 3.63) is 54.1 Å². The van der Waals surface area contributed by atoms with E-state index in [0.29, 0.717) is 0 Å². The predicted octanol–water partition coefficient (Wildman–Crippen LogP) is 4.01. The Kier molecular flexibility index (Phi) is 3.06. The van der Waals surface area contributed by atoms with Gasteiger partial charge < -0.3 is 14.8 Å². The fourth-order valence-electron chi connectivity index (χ4n) is 2.23. The van der Waals surface area contributed by atoms with E-state index in [0.717, 1.165) is 28.1 Å². The molecule has 0 aliphatic rings. The van der Waals surface area contributed by atoms with Crippen LogP contribution in [0.4, 0.5) is 5.82 Å². The molecule has 3 aromatic rings. The van der Waals surface area contributed by atoms with E-state index in [1.807, 2.05) is 38.1 Å². The number of pyridine rings is 1. The van der Waals surface area contributed by atoms with Gasteiger partial charge in [0.2, 0.25) is 0 Å². The Morgan fingerprint density at radius 1 is 1.20 bits per heavy atom. The first kappa shape index (κ1) is 12.5. The monoisotopic (exact) mass is 268 g/mol. The van der Waals surface area contributed by atoms with Gasteiger partial charge in [0.15, 0.2) is 0 Å². The van der Waals surface area contributed by atoms with Crippen LogP contribution in [0.5, 0.6) is 5.75 Å². The molecule has 0 spiro atoms. The highest BCUT2D eigenvalue weighted by Crippen LogP contribution is 2.28. The zero-order chi connectivity index (χ0) is 14.1. The molecule has 0 saturated carbocycles. The van der Waals surface area contributed by atoms with E-state index in [9.17, 15) is 5.11 Å². The van der Waals surface area contributed by atoms with Crippen molar-refractivity contribution < 1.29 is 9.52 Å². The lowest BCUT2D eigenvalue weighted by molar-refractivity contribution is 0.466. The van der Waals surface area contributed by atoms with Gasteiger partial charge >= 0.3 is 0 Å². The molecular weight excluding hydrogens is 252 g/mol. The number of phenols is 1. The van der Waals surface area contributed by atoms with Gasteiger partial charge in [-0.1, -0.05) is 6.07 Å². The molecule has 1 aromatic carbocycles. The van der Waals surface area contributed by atoms with Gasteiger partial charge in [-0.3, -0.25) is 0 Å². The summed E-state index contributed by atoms with van der Waals surface area (Å²) in [5.74, 6) is 2.72. The lowest BCUT2D eigenvalue weighted by atomic mass is 10.1. The molecule has 3 rings (SSSR count). The van der Waals surface area contributed by atoms with Crippen LogP contribution in [0.1, 0.15) is 24.5 Å². The van der Waals surface area contributed by atoms with Crippen LogP contribution in [0.15, 0.2) is 47.0 Å². The Labute approximate surface area is 117 Å². The first-order valence-corrected chi connectivity index (χ1v) is 6.54. The van der Waals surface area contributed by atoms with E-state index in [1.54, 1.807) is 18.3 Å². The molecule has 2 heterocycles. The molecular formula is C16H16N2O2. The summed E-state index contributed by atoms with van der Waals surface area (Å²) in [4.78, 5) is 4.36. The van der Waals surface area contributed by atoms with Crippen LogP contribution in [0, 0.1) is 6.92 Å². The number of rotatable bonds is 3. The molecule has 102 valence electrons. The average molecular weight is 268 g/mol. The number of hydrogen-bond donors (Lipinski definition) is 2. The van der Waals surface area contributed by atoms with E-state index in [4.69, 9.17) is 4.42 Å². The summed E-state index contributed by atoms with van der Waals surface area (Å²) in [6.07, 6.45) is 1.75. The minimum absolute atomic E-state index is 0.00384. The molecule has 0 radical (unpaired) electrons. The minimum Gasteiger partial charge on any atom is -0.508 e. The van der Waals surface area contributed by atoms with E-state index < -0.39 is 0 Å². The summed E-state index contributed by atoms with van der Waals surface area (Å²) in [7, 11) is 0. The van der Waals surface area contributed by atoms with E-state index >= 15 is 0 Å². The summed E-state index contributed by atoms with van der Waals surface area (Å²) in [6, 6.07) is 11.1. The summed E-state index contributed by atoms with van der Waals surface area (Å²) in [6.45, 7) is 3.94. The van der Waals surface area contributed by atoms with Crippen LogP contribution in [-0.2, 0) is 0 Å². The Hall–Kier alpha value is -2.49. The second kappa shape index (κ2) is 4.89. The second-order valence-electron chi connectivity index (χ2n) is 4.88. The molecule has 0 saturated heterocycles. The number of aromatic nitrogens is 1. The molecule has 0 fully saturated rings. The van der Waals surface area contributed by atoms with Gasteiger partial charge in [-0.05, 0) is 49.6 Å². The number of nitrogens with zero attached hydrogens (tertiary/aromatic N) is 1. The summed E-state index contributed by atoms with van der Waals surface area (Å²) in [5, 5.41) is 14.9. The predicted molar refractivity (Wildman–Crippen MR) is 78.9 cm³/mol. The fraction of sp³-hybridized carbons (Fsp3) is 0.188. The standard InChI is InChI=1S/C16H16N2O2/c1-10-3-6-15(20-10)11(2)18-16-14-9-13(19)5-4-12(14)7-8-17-16/h3-9,11,19H,1-2H3,(H,17,18). The van der Waals surface area contributed by atoms with Crippen LogP contribution >= 0.6 is 0 Å². The first-order chi connectivity index (χ1) is 9.63. The Bertz CT molecular complexity index is 749. The third-order valence-electron chi connectivity index (χ3n) is 3.29. The van der Waals surface area contributed by atoms with Gasteiger partial charge in [0, 0.05) is 11.6 Å². The Morgan fingerprint density at radius 2 is 2.05 bits per heavy atom. The number of nitrogens with one attached hydrogen (secondary N) is 1. The van der Waals surface area contributed by atoms with E-state index in [2.05, 4.69) is 10.3 Å². The number of aryl methyl sites for hydroxylation is 1. The molecule has 0 amide bonds. The molecule has 1 atom stereocenters. The normalized spacial score (nSPS) is 12.5. The van der Waals surface area contributed by atoms with Gasteiger partial charge in [0.1, 0.15) is 23.1 Å². The largest absolute Gasteiger partial charge is 0.508 e. The van der Waals surface area contributed by atoms with Crippen LogP contribution < -0.4 is 5.32 Å². The number of fused-ring (bicyclic) bond motifs is 1. The van der Waals surface area contributed by atoms with Crippen molar-refractivity contribution in [1.82, 2.24) is 4.98 Å².